The zero-order valence-corrected chi connectivity index (χ0v) is 26.3. The molecule has 1 N–H and O–H groups in total. The zero-order chi connectivity index (χ0) is 31.8. The fraction of sp³-hybridized carbons (Fsp3) is 0.265. The number of aryl methyl sites for hydroxylation is 2. The second kappa shape index (κ2) is 11.8. The fourth-order valence-electron chi connectivity index (χ4n) is 5.32. The largest absolute Gasteiger partial charge is 0.496 e. The SMILES string of the molecule is COc1cc(OS(=O)(=O)Cc2ccc(C)cc2)ccc1-c1ccc2c(c1COc1cc(F)ccc1C)N(C)C(=O)C(C)(C)N2. The van der Waals surface area contributed by atoms with Crippen LogP contribution in [0.15, 0.2) is 72.8 Å². The number of fused-ring (bicyclic) bond motifs is 1. The Balaban J connectivity index is 1.54. The molecule has 1 aliphatic heterocycles. The maximum Gasteiger partial charge on any atom is 0.313 e. The molecule has 4 aromatic rings. The summed E-state index contributed by atoms with van der Waals surface area (Å²) in [4.78, 5) is 14.9. The third kappa shape index (κ3) is 6.35. The second-order valence-electron chi connectivity index (χ2n) is 11.4. The Kier molecular flexibility index (Phi) is 8.31. The summed E-state index contributed by atoms with van der Waals surface area (Å²) in [5, 5.41) is 3.32. The summed E-state index contributed by atoms with van der Waals surface area (Å²) < 4.78 is 57.1. The van der Waals surface area contributed by atoms with E-state index in [1.165, 1.54) is 25.3 Å². The van der Waals surface area contributed by atoms with E-state index < -0.39 is 21.5 Å². The number of nitrogens with one attached hydrogen (secondary N) is 1. The minimum atomic E-state index is -3.95. The lowest BCUT2D eigenvalue weighted by molar-refractivity contribution is -0.121. The smallest absolute Gasteiger partial charge is 0.313 e. The quantitative estimate of drug-likeness (QED) is 0.207. The lowest BCUT2D eigenvalue weighted by Crippen LogP contribution is -2.52. The molecule has 0 saturated carbocycles. The van der Waals surface area contributed by atoms with E-state index in [0.717, 1.165) is 16.8 Å². The number of ether oxygens (including phenoxy) is 2. The average Bonchev–Trinajstić information content (AvgIpc) is 2.97. The molecule has 0 bridgehead atoms. The number of carbonyl (C=O) groups is 1. The van der Waals surface area contributed by atoms with Gasteiger partial charge in [-0.05, 0) is 68.7 Å². The van der Waals surface area contributed by atoms with E-state index in [1.54, 1.807) is 42.3 Å². The van der Waals surface area contributed by atoms with Crippen LogP contribution >= 0.6 is 0 Å². The van der Waals surface area contributed by atoms with Crippen LogP contribution in [0.4, 0.5) is 15.8 Å². The third-order valence-corrected chi connectivity index (χ3v) is 8.71. The van der Waals surface area contributed by atoms with Gasteiger partial charge in [-0.2, -0.15) is 8.42 Å². The van der Waals surface area contributed by atoms with E-state index in [2.05, 4.69) is 5.32 Å². The van der Waals surface area contributed by atoms with Crippen LogP contribution in [0.5, 0.6) is 17.2 Å². The summed E-state index contributed by atoms with van der Waals surface area (Å²) in [6.07, 6.45) is 0. The van der Waals surface area contributed by atoms with Gasteiger partial charge in [0.05, 0.1) is 18.5 Å². The van der Waals surface area contributed by atoms with Gasteiger partial charge in [-0.25, -0.2) is 4.39 Å². The highest BCUT2D eigenvalue weighted by Crippen LogP contribution is 2.45. The van der Waals surface area contributed by atoms with Crippen molar-refractivity contribution in [1.29, 1.82) is 0 Å². The highest BCUT2D eigenvalue weighted by atomic mass is 32.2. The van der Waals surface area contributed by atoms with Gasteiger partial charge in [0, 0.05) is 30.3 Å². The number of likely N-dealkylation sites (N-methyl/N-ethyl adjacent to an activating group) is 1. The second-order valence-corrected chi connectivity index (χ2v) is 13.0. The normalized spacial score (nSPS) is 14.1. The van der Waals surface area contributed by atoms with Crippen molar-refractivity contribution in [2.75, 3.05) is 24.4 Å². The molecule has 5 rings (SSSR count). The van der Waals surface area contributed by atoms with Crippen molar-refractivity contribution in [3.63, 3.8) is 0 Å². The van der Waals surface area contributed by atoms with Gasteiger partial charge >= 0.3 is 10.1 Å². The number of benzene rings is 4. The van der Waals surface area contributed by atoms with Crippen LogP contribution in [0.2, 0.25) is 0 Å². The predicted octanol–water partition coefficient (Wildman–Crippen LogP) is 6.77. The van der Waals surface area contributed by atoms with E-state index >= 15 is 0 Å². The van der Waals surface area contributed by atoms with Crippen molar-refractivity contribution in [2.24, 2.45) is 0 Å². The number of hydrogen-bond donors (Lipinski definition) is 1. The molecule has 1 aliphatic rings. The minimum Gasteiger partial charge on any atom is -0.496 e. The Labute approximate surface area is 257 Å². The number of anilines is 2. The van der Waals surface area contributed by atoms with Crippen molar-refractivity contribution in [3.05, 3.63) is 101 Å². The van der Waals surface area contributed by atoms with E-state index in [4.69, 9.17) is 13.7 Å². The Hall–Kier alpha value is -4.57. The Morgan fingerprint density at radius 1 is 0.909 bits per heavy atom. The highest BCUT2D eigenvalue weighted by molar-refractivity contribution is 7.86. The average molecular weight is 619 g/mol. The molecule has 0 aliphatic carbocycles. The summed E-state index contributed by atoms with van der Waals surface area (Å²) in [7, 11) is -0.767. The van der Waals surface area contributed by atoms with Crippen molar-refractivity contribution >= 4 is 27.4 Å². The number of halogens is 1. The number of carbonyl (C=O) groups excluding carboxylic acids is 1. The van der Waals surface area contributed by atoms with Crippen LogP contribution in [-0.2, 0) is 27.3 Å². The molecule has 0 spiro atoms. The van der Waals surface area contributed by atoms with Crippen molar-refractivity contribution < 1.29 is 31.3 Å². The van der Waals surface area contributed by atoms with Crippen LogP contribution in [0.1, 0.15) is 36.1 Å². The third-order valence-electron chi connectivity index (χ3n) is 7.58. The van der Waals surface area contributed by atoms with Gasteiger partial charge in [-0.1, -0.05) is 42.0 Å². The molecule has 0 fully saturated rings. The molecule has 0 atom stereocenters. The van der Waals surface area contributed by atoms with Gasteiger partial charge in [0.25, 0.3) is 5.91 Å². The Bertz CT molecular complexity index is 1840. The summed E-state index contributed by atoms with van der Waals surface area (Å²) in [5.74, 6) is -0.0200. The maximum atomic E-state index is 14.1. The number of hydrogen-bond acceptors (Lipinski definition) is 7. The van der Waals surface area contributed by atoms with Crippen molar-refractivity contribution in [3.8, 4) is 28.4 Å². The van der Waals surface area contributed by atoms with Gasteiger partial charge in [-0.15, -0.1) is 0 Å². The van der Waals surface area contributed by atoms with Crippen LogP contribution in [0, 0.1) is 19.7 Å². The standard InChI is InChI=1S/C34H35FN2O6S/c1-21-7-10-23(11-8-21)20-44(39,40)43-25-13-14-27(31(18-25)41-6)26-15-16-29-32(37(5)33(38)34(3,4)36-29)28(26)19-42-30-17-24(35)12-9-22(30)2/h7-18,36H,19-20H2,1-6H3. The molecular weight excluding hydrogens is 583 g/mol. The lowest BCUT2D eigenvalue weighted by atomic mass is 9.91. The minimum absolute atomic E-state index is 0.00879. The molecule has 8 nitrogen and oxygen atoms in total. The number of amides is 1. The van der Waals surface area contributed by atoms with Gasteiger partial charge in [-0.3, -0.25) is 4.79 Å². The monoisotopic (exact) mass is 618 g/mol. The van der Waals surface area contributed by atoms with Crippen molar-refractivity contribution in [1.82, 2.24) is 0 Å². The van der Waals surface area contributed by atoms with Crippen molar-refractivity contribution in [2.45, 2.75) is 45.6 Å². The molecule has 0 aromatic heterocycles. The molecule has 4 aromatic carbocycles. The maximum absolute atomic E-state index is 14.1. The lowest BCUT2D eigenvalue weighted by Gasteiger charge is -2.39. The Morgan fingerprint density at radius 2 is 1.61 bits per heavy atom. The first kappa shape index (κ1) is 30.9. The Morgan fingerprint density at radius 3 is 2.32 bits per heavy atom. The summed E-state index contributed by atoms with van der Waals surface area (Å²) in [5.41, 5.74) is 4.88. The topological polar surface area (TPSA) is 94.2 Å². The van der Waals surface area contributed by atoms with E-state index in [-0.39, 0.29) is 24.0 Å². The highest BCUT2D eigenvalue weighted by Gasteiger charge is 2.38. The van der Waals surface area contributed by atoms with Crippen LogP contribution in [0.3, 0.4) is 0 Å². The molecule has 0 saturated heterocycles. The first-order valence-electron chi connectivity index (χ1n) is 14.1. The summed E-state index contributed by atoms with van der Waals surface area (Å²) >= 11 is 0. The van der Waals surface area contributed by atoms with Crippen LogP contribution in [-0.4, -0.2) is 34.0 Å². The first-order valence-corrected chi connectivity index (χ1v) is 15.6. The summed E-state index contributed by atoms with van der Waals surface area (Å²) in [6.45, 7) is 7.38. The van der Waals surface area contributed by atoms with Crippen LogP contribution < -0.4 is 23.9 Å². The molecule has 44 heavy (non-hydrogen) atoms. The van der Waals surface area contributed by atoms with E-state index in [9.17, 15) is 17.6 Å². The van der Waals surface area contributed by atoms with Crippen LogP contribution in [0.25, 0.3) is 11.1 Å². The van der Waals surface area contributed by atoms with Gasteiger partial charge in [0.2, 0.25) is 0 Å². The van der Waals surface area contributed by atoms with E-state index in [0.29, 0.717) is 39.4 Å². The fourth-order valence-corrected chi connectivity index (χ4v) is 6.38. The number of rotatable bonds is 9. The molecule has 0 radical (unpaired) electrons. The number of methoxy groups -OCH3 is 1. The predicted molar refractivity (Wildman–Crippen MR) is 169 cm³/mol. The molecule has 1 heterocycles. The van der Waals surface area contributed by atoms with Gasteiger partial charge in [0.1, 0.15) is 41.0 Å². The number of nitrogens with zero attached hydrogens (tertiary/aromatic N) is 1. The molecule has 0 unspecified atom stereocenters. The van der Waals surface area contributed by atoms with Gasteiger partial charge < -0.3 is 23.9 Å². The van der Waals surface area contributed by atoms with Gasteiger partial charge in [0.15, 0.2) is 0 Å². The molecule has 1 amide bonds. The molecule has 10 heteroatoms. The molecular formula is C34H35FN2O6S. The van der Waals surface area contributed by atoms with E-state index in [1.807, 2.05) is 52.0 Å². The summed E-state index contributed by atoms with van der Waals surface area (Å²) in [6, 6.07) is 20.1. The zero-order valence-electron chi connectivity index (χ0n) is 25.5. The molecule has 230 valence electrons. The first-order chi connectivity index (χ1) is 20.8.